The molecule has 1 amide bonds. The Morgan fingerprint density at radius 2 is 1.95 bits per heavy atom. The lowest BCUT2D eigenvalue weighted by atomic mass is 10.1. The van der Waals surface area contributed by atoms with Gasteiger partial charge in [-0.25, -0.2) is 0 Å². The Labute approximate surface area is 122 Å². The lowest BCUT2D eigenvalue weighted by molar-refractivity contribution is -0.135. The summed E-state index contributed by atoms with van der Waals surface area (Å²) < 4.78 is 5.35. The van der Waals surface area contributed by atoms with Crippen molar-refractivity contribution in [1.82, 2.24) is 15.1 Å². The van der Waals surface area contributed by atoms with E-state index in [1.165, 1.54) is 25.7 Å². The summed E-state index contributed by atoms with van der Waals surface area (Å²) in [6, 6.07) is 0.397. The van der Waals surface area contributed by atoms with Crippen LogP contribution >= 0.6 is 0 Å². The maximum absolute atomic E-state index is 12.8. The molecule has 1 aliphatic heterocycles. The highest BCUT2D eigenvalue weighted by Crippen LogP contribution is 2.25. The van der Waals surface area contributed by atoms with Gasteiger partial charge in [0.25, 0.3) is 0 Å². The molecule has 0 bridgehead atoms. The normalized spacial score (nSPS) is 27.4. The van der Waals surface area contributed by atoms with Gasteiger partial charge in [-0.1, -0.05) is 12.8 Å². The molecule has 2 atom stereocenters. The van der Waals surface area contributed by atoms with Crippen molar-refractivity contribution in [2.24, 2.45) is 0 Å². The van der Waals surface area contributed by atoms with Gasteiger partial charge >= 0.3 is 0 Å². The van der Waals surface area contributed by atoms with Crippen LogP contribution in [0.3, 0.4) is 0 Å². The number of carbonyl (C=O) groups excluding carboxylic acids is 1. The summed E-state index contributed by atoms with van der Waals surface area (Å²) in [5, 5.41) is 3.32. The molecule has 0 aromatic heterocycles. The minimum atomic E-state index is -0.0530. The van der Waals surface area contributed by atoms with Crippen LogP contribution in [0.2, 0.25) is 0 Å². The van der Waals surface area contributed by atoms with Crippen LogP contribution in [0.1, 0.15) is 32.1 Å². The van der Waals surface area contributed by atoms with Crippen LogP contribution in [-0.4, -0.2) is 74.7 Å². The standard InChI is InChI=1S/C15H29N3O2/c1-17(2)8-9-18(12-6-4-5-7-12)15(19)14-10-13(20-3)11-16-14/h12-14,16H,4-11H2,1-3H3. The monoisotopic (exact) mass is 283 g/mol. The van der Waals surface area contributed by atoms with E-state index in [1.54, 1.807) is 7.11 Å². The average Bonchev–Trinajstić information content (AvgIpc) is 3.09. The SMILES string of the molecule is COC1CNC(C(=O)N(CCN(C)C)C2CCCC2)C1. The number of carbonyl (C=O) groups is 1. The van der Waals surface area contributed by atoms with E-state index in [2.05, 4.69) is 29.2 Å². The Morgan fingerprint density at radius 3 is 2.50 bits per heavy atom. The van der Waals surface area contributed by atoms with Gasteiger partial charge < -0.3 is 19.9 Å². The summed E-state index contributed by atoms with van der Waals surface area (Å²) in [6.45, 7) is 2.56. The predicted octanol–water partition coefficient (Wildman–Crippen LogP) is 0.696. The molecule has 5 heteroatoms. The molecule has 1 saturated carbocycles. The van der Waals surface area contributed by atoms with Crippen molar-refractivity contribution in [2.75, 3.05) is 40.8 Å². The number of rotatable bonds is 6. The number of likely N-dealkylation sites (N-methyl/N-ethyl adjacent to an activating group) is 1. The summed E-state index contributed by atoms with van der Waals surface area (Å²) in [6.07, 6.45) is 5.84. The van der Waals surface area contributed by atoms with Crippen LogP contribution in [0.15, 0.2) is 0 Å². The molecule has 1 heterocycles. The first-order chi connectivity index (χ1) is 9.61. The van der Waals surface area contributed by atoms with E-state index in [4.69, 9.17) is 4.74 Å². The van der Waals surface area contributed by atoms with Crippen molar-refractivity contribution in [3.8, 4) is 0 Å². The number of hydrogen-bond acceptors (Lipinski definition) is 4. The smallest absolute Gasteiger partial charge is 0.240 e. The number of ether oxygens (including phenoxy) is 1. The summed E-state index contributed by atoms with van der Waals surface area (Å²) in [5.41, 5.74) is 0. The molecule has 1 aliphatic carbocycles. The molecule has 2 rings (SSSR count). The minimum Gasteiger partial charge on any atom is -0.380 e. The highest BCUT2D eigenvalue weighted by molar-refractivity contribution is 5.82. The quantitative estimate of drug-likeness (QED) is 0.779. The highest BCUT2D eigenvalue weighted by atomic mass is 16.5. The van der Waals surface area contributed by atoms with Crippen LogP contribution in [0.25, 0.3) is 0 Å². The summed E-state index contributed by atoms with van der Waals surface area (Å²) in [7, 11) is 5.85. The first-order valence-corrected chi connectivity index (χ1v) is 7.83. The van der Waals surface area contributed by atoms with E-state index < -0.39 is 0 Å². The second kappa shape index (κ2) is 7.38. The fraction of sp³-hybridized carbons (Fsp3) is 0.933. The number of nitrogens with one attached hydrogen (secondary N) is 1. The van der Waals surface area contributed by atoms with E-state index in [-0.39, 0.29) is 18.1 Å². The summed E-state index contributed by atoms with van der Waals surface area (Å²) >= 11 is 0. The Kier molecular flexibility index (Phi) is 5.81. The fourth-order valence-electron chi connectivity index (χ4n) is 3.27. The molecule has 0 radical (unpaired) electrons. The van der Waals surface area contributed by atoms with Crippen molar-refractivity contribution >= 4 is 5.91 Å². The third-order valence-electron chi connectivity index (χ3n) is 4.56. The highest BCUT2D eigenvalue weighted by Gasteiger charge is 2.35. The average molecular weight is 283 g/mol. The van der Waals surface area contributed by atoms with Crippen molar-refractivity contribution in [2.45, 2.75) is 50.3 Å². The van der Waals surface area contributed by atoms with Crippen molar-refractivity contribution < 1.29 is 9.53 Å². The Balaban J connectivity index is 1.95. The summed E-state index contributed by atoms with van der Waals surface area (Å²) in [5.74, 6) is 0.276. The predicted molar refractivity (Wildman–Crippen MR) is 79.7 cm³/mol. The number of amides is 1. The molecule has 1 N–H and O–H groups in total. The van der Waals surface area contributed by atoms with Crippen LogP contribution in [0.5, 0.6) is 0 Å². The number of nitrogens with zero attached hydrogens (tertiary/aromatic N) is 2. The fourth-order valence-corrected chi connectivity index (χ4v) is 3.27. The van der Waals surface area contributed by atoms with Crippen LogP contribution in [0, 0.1) is 0 Å². The van der Waals surface area contributed by atoms with Gasteiger partial charge in [-0.05, 0) is 33.4 Å². The Hall–Kier alpha value is -0.650. The van der Waals surface area contributed by atoms with Crippen molar-refractivity contribution in [1.29, 1.82) is 0 Å². The van der Waals surface area contributed by atoms with Gasteiger partial charge in [0, 0.05) is 32.8 Å². The lowest BCUT2D eigenvalue weighted by Gasteiger charge is -2.32. The molecule has 0 aromatic rings. The topological polar surface area (TPSA) is 44.8 Å². The molecule has 2 fully saturated rings. The molecule has 2 aliphatic rings. The summed E-state index contributed by atoms with van der Waals surface area (Å²) in [4.78, 5) is 17.1. The number of hydrogen-bond donors (Lipinski definition) is 1. The van der Waals surface area contributed by atoms with Gasteiger partial charge in [0.15, 0.2) is 0 Å². The van der Waals surface area contributed by atoms with Gasteiger partial charge in [0.2, 0.25) is 5.91 Å². The second-order valence-corrected chi connectivity index (χ2v) is 6.33. The number of methoxy groups -OCH3 is 1. The van der Waals surface area contributed by atoms with Gasteiger partial charge in [-0.2, -0.15) is 0 Å². The first-order valence-electron chi connectivity index (χ1n) is 7.83. The van der Waals surface area contributed by atoms with Crippen molar-refractivity contribution in [3.05, 3.63) is 0 Å². The minimum absolute atomic E-state index is 0.0530. The van der Waals surface area contributed by atoms with E-state index >= 15 is 0 Å². The van der Waals surface area contributed by atoms with Gasteiger partial charge in [0.05, 0.1) is 12.1 Å². The molecular formula is C15H29N3O2. The van der Waals surface area contributed by atoms with Crippen LogP contribution in [-0.2, 0) is 9.53 Å². The molecule has 116 valence electrons. The largest absolute Gasteiger partial charge is 0.380 e. The van der Waals surface area contributed by atoms with Gasteiger partial charge in [-0.15, -0.1) is 0 Å². The Morgan fingerprint density at radius 1 is 1.25 bits per heavy atom. The zero-order valence-corrected chi connectivity index (χ0v) is 13.1. The third kappa shape index (κ3) is 3.93. The van der Waals surface area contributed by atoms with Gasteiger partial charge in [-0.3, -0.25) is 4.79 Å². The molecule has 20 heavy (non-hydrogen) atoms. The van der Waals surface area contributed by atoms with Crippen LogP contribution in [0.4, 0.5) is 0 Å². The van der Waals surface area contributed by atoms with Crippen molar-refractivity contribution in [3.63, 3.8) is 0 Å². The van der Waals surface area contributed by atoms with E-state index in [0.717, 1.165) is 26.1 Å². The molecular weight excluding hydrogens is 254 g/mol. The molecule has 2 unspecified atom stereocenters. The molecule has 1 saturated heterocycles. The zero-order valence-electron chi connectivity index (χ0n) is 13.1. The molecule has 0 spiro atoms. The lowest BCUT2D eigenvalue weighted by Crippen LogP contribution is -2.49. The van der Waals surface area contributed by atoms with Crippen LogP contribution < -0.4 is 5.32 Å². The maximum atomic E-state index is 12.8. The van der Waals surface area contributed by atoms with E-state index in [1.807, 2.05) is 0 Å². The Bertz CT molecular complexity index is 316. The molecule has 0 aromatic carbocycles. The zero-order chi connectivity index (χ0) is 14.5. The van der Waals surface area contributed by atoms with Gasteiger partial charge in [0.1, 0.15) is 0 Å². The molecule has 5 nitrogen and oxygen atoms in total. The first kappa shape index (κ1) is 15.7. The van der Waals surface area contributed by atoms with E-state index in [9.17, 15) is 4.79 Å². The third-order valence-corrected chi connectivity index (χ3v) is 4.56. The van der Waals surface area contributed by atoms with E-state index in [0.29, 0.717) is 6.04 Å². The second-order valence-electron chi connectivity index (χ2n) is 6.33. The maximum Gasteiger partial charge on any atom is 0.240 e.